The molecule has 0 bridgehead atoms. The van der Waals surface area contributed by atoms with Crippen LogP contribution in [0.5, 0.6) is 0 Å². The molecule has 0 aromatic carbocycles. The fourth-order valence-electron chi connectivity index (χ4n) is 0.875. The Hall–Kier alpha value is -0.520. The van der Waals surface area contributed by atoms with Crippen molar-refractivity contribution in [1.82, 2.24) is 15.0 Å². The van der Waals surface area contributed by atoms with Gasteiger partial charge >= 0.3 is 0 Å². The first-order valence-corrected chi connectivity index (χ1v) is 5.73. The van der Waals surface area contributed by atoms with E-state index in [1.165, 1.54) is 11.8 Å². The summed E-state index contributed by atoms with van der Waals surface area (Å²) in [5, 5.41) is 2.13. The van der Waals surface area contributed by atoms with Crippen LogP contribution >= 0.6 is 39.3 Å². The van der Waals surface area contributed by atoms with Crippen molar-refractivity contribution in [2.75, 3.05) is 0 Å². The van der Waals surface area contributed by atoms with Crippen molar-refractivity contribution >= 4 is 39.3 Å². The van der Waals surface area contributed by atoms with Crippen LogP contribution in [0.2, 0.25) is 5.02 Å². The molecule has 0 radical (unpaired) electrons. The van der Waals surface area contributed by atoms with Crippen LogP contribution < -0.4 is 0 Å². The predicted octanol–water partition coefficient (Wildman–Crippen LogP) is 3.37. The van der Waals surface area contributed by atoms with E-state index in [-0.39, 0.29) is 0 Å². The van der Waals surface area contributed by atoms with Crippen molar-refractivity contribution < 1.29 is 0 Å². The fraction of sp³-hybridized carbons (Fsp3) is 0. The monoisotopic (exact) mass is 289 g/mol. The quantitative estimate of drug-likeness (QED) is 0.922. The Morgan fingerprint density at radius 2 is 2.29 bits per heavy atom. The predicted molar refractivity (Wildman–Crippen MR) is 59.7 cm³/mol. The molecule has 0 aliphatic carbocycles. The van der Waals surface area contributed by atoms with Gasteiger partial charge in [0.1, 0.15) is 5.03 Å². The number of hydrogen-bond acceptors (Lipinski definition) is 3. The van der Waals surface area contributed by atoms with Crippen molar-refractivity contribution in [2.45, 2.75) is 10.2 Å². The number of imidazole rings is 1. The van der Waals surface area contributed by atoms with Crippen molar-refractivity contribution in [3.8, 4) is 0 Å². The molecule has 0 amide bonds. The smallest absolute Gasteiger partial charge is 0.171 e. The molecule has 2 heterocycles. The molecule has 0 unspecified atom stereocenters. The molecule has 2 rings (SSSR count). The highest BCUT2D eigenvalue weighted by Gasteiger charge is 2.06. The molecule has 0 saturated carbocycles. The molecule has 0 atom stereocenters. The van der Waals surface area contributed by atoms with E-state index < -0.39 is 0 Å². The maximum atomic E-state index is 5.99. The van der Waals surface area contributed by atoms with Crippen LogP contribution in [0.3, 0.4) is 0 Å². The number of pyridine rings is 1. The van der Waals surface area contributed by atoms with Crippen molar-refractivity contribution in [3.63, 3.8) is 0 Å². The van der Waals surface area contributed by atoms with Crippen LogP contribution in [0.4, 0.5) is 0 Å². The summed E-state index contributed by atoms with van der Waals surface area (Å²) in [5.74, 6) is 0. The Balaban J connectivity index is 2.25. The summed E-state index contributed by atoms with van der Waals surface area (Å²) in [7, 11) is 0. The second-order valence-corrected chi connectivity index (χ2v) is 4.74. The first-order chi connectivity index (χ1) is 6.75. The van der Waals surface area contributed by atoms with Gasteiger partial charge in [-0.25, -0.2) is 9.97 Å². The lowest BCUT2D eigenvalue weighted by atomic mass is 10.5. The van der Waals surface area contributed by atoms with E-state index in [9.17, 15) is 0 Å². The summed E-state index contributed by atoms with van der Waals surface area (Å²) < 4.78 is 0.867. The third-order valence-corrected chi connectivity index (χ3v) is 3.21. The summed E-state index contributed by atoms with van der Waals surface area (Å²) in [4.78, 5) is 11.2. The number of nitrogens with zero attached hydrogens (tertiary/aromatic N) is 2. The number of aromatic amines is 1. The van der Waals surface area contributed by atoms with E-state index in [1.807, 2.05) is 0 Å². The first kappa shape index (κ1) is 10.0. The molecule has 0 fully saturated rings. The fourth-order valence-corrected chi connectivity index (χ4v) is 2.31. The largest absolute Gasteiger partial charge is 0.339 e. The number of H-pyrrole nitrogens is 1. The average Bonchev–Trinajstić information content (AvgIpc) is 2.62. The molecule has 3 nitrogen and oxygen atoms in total. The van der Waals surface area contributed by atoms with Crippen LogP contribution in [0.25, 0.3) is 0 Å². The maximum Gasteiger partial charge on any atom is 0.171 e. The zero-order valence-electron chi connectivity index (χ0n) is 6.87. The SMILES string of the molecule is Clc1cc(Br)cnc1Sc1ncc[nH]1. The highest BCUT2D eigenvalue weighted by atomic mass is 79.9. The summed E-state index contributed by atoms with van der Waals surface area (Å²) >= 11 is 10.7. The zero-order chi connectivity index (χ0) is 9.97. The van der Waals surface area contributed by atoms with Crippen molar-refractivity contribution in [2.24, 2.45) is 0 Å². The van der Waals surface area contributed by atoms with Crippen LogP contribution in [-0.2, 0) is 0 Å². The van der Waals surface area contributed by atoms with E-state index in [2.05, 4.69) is 30.9 Å². The van der Waals surface area contributed by atoms with E-state index in [4.69, 9.17) is 11.6 Å². The Bertz CT molecular complexity index is 432. The lowest BCUT2D eigenvalue weighted by molar-refractivity contribution is 1.04. The second kappa shape index (κ2) is 4.33. The molecule has 0 saturated heterocycles. The van der Waals surface area contributed by atoms with E-state index >= 15 is 0 Å². The number of nitrogens with one attached hydrogen (secondary N) is 1. The Morgan fingerprint density at radius 3 is 2.93 bits per heavy atom. The minimum atomic E-state index is 0.612. The minimum absolute atomic E-state index is 0.612. The molecule has 1 N–H and O–H groups in total. The van der Waals surface area contributed by atoms with Gasteiger partial charge in [-0.2, -0.15) is 0 Å². The number of halogens is 2. The topological polar surface area (TPSA) is 41.6 Å². The van der Waals surface area contributed by atoms with E-state index in [1.54, 1.807) is 24.7 Å². The molecule has 2 aromatic rings. The molecule has 14 heavy (non-hydrogen) atoms. The van der Waals surface area contributed by atoms with Gasteiger partial charge in [0.25, 0.3) is 0 Å². The van der Waals surface area contributed by atoms with Gasteiger partial charge < -0.3 is 4.98 Å². The summed E-state index contributed by atoms with van der Waals surface area (Å²) in [6.45, 7) is 0. The van der Waals surface area contributed by atoms with Gasteiger partial charge in [0.05, 0.1) is 5.02 Å². The standard InChI is InChI=1S/C8H5BrClN3S/c9-5-3-6(10)7(13-4-5)14-8-11-1-2-12-8/h1-4H,(H,11,12). The molecular formula is C8H5BrClN3S. The van der Waals surface area contributed by atoms with Gasteiger partial charge in [-0.15, -0.1) is 0 Å². The summed E-state index contributed by atoms with van der Waals surface area (Å²) in [6, 6.07) is 1.81. The van der Waals surface area contributed by atoms with E-state index in [0.717, 1.165) is 14.7 Å². The van der Waals surface area contributed by atoms with Gasteiger partial charge in [0, 0.05) is 23.1 Å². The van der Waals surface area contributed by atoms with Crippen molar-refractivity contribution in [1.29, 1.82) is 0 Å². The highest BCUT2D eigenvalue weighted by Crippen LogP contribution is 2.30. The Labute approximate surface area is 98.4 Å². The van der Waals surface area contributed by atoms with Crippen LogP contribution in [-0.4, -0.2) is 15.0 Å². The number of hydrogen-bond donors (Lipinski definition) is 1. The second-order valence-electron chi connectivity index (χ2n) is 2.44. The number of rotatable bonds is 2. The lowest BCUT2D eigenvalue weighted by Crippen LogP contribution is -1.82. The zero-order valence-corrected chi connectivity index (χ0v) is 10.0. The first-order valence-electron chi connectivity index (χ1n) is 3.74. The van der Waals surface area contributed by atoms with Gasteiger partial charge in [0.15, 0.2) is 5.16 Å². The van der Waals surface area contributed by atoms with Crippen LogP contribution in [0.15, 0.2) is 39.3 Å². The average molecular weight is 291 g/mol. The lowest BCUT2D eigenvalue weighted by Gasteiger charge is -2.00. The number of aromatic nitrogens is 3. The van der Waals surface area contributed by atoms with Crippen LogP contribution in [0.1, 0.15) is 0 Å². The third-order valence-electron chi connectivity index (χ3n) is 1.44. The maximum absolute atomic E-state index is 5.99. The van der Waals surface area contributed by atoms with Gasteiger partial charge in [0.2, 0.25) is 0 Å². The van der Waals surface area contributed by atoms with Gasteiger partial charge in [-0.1, -0.05) is 11.6 Å². The summed E-state index contributed by atoms with van der Waals surface area (Å²) in [6.07, 6.45) is 5.15. The molecule has 0 aliphatic heterocycles. The highest BCUT2D eigenvalue weighted by molar-refractivity contribution is 9.10. The summed E-state index contributed by atoms with van der Waals surface area (Å²) in [5.41, 5.74) is 0. The molecule has 0 spiro atoms. The normalized spacial score (nSPS) is 10.4. The molecule has 72 valence electrons. The van der Waals surface area contributed by atoms with Crippen LogP contribution in [0, 0.1) is 0 Å². The van der Waals surface area contributed by atoms with Crippen molar-refractivity contribution in [3.05, 3.63) is 34.2 Å². The van der Waals surface area contributed by atoms with E-state index in [0.29, 0.717) is 5.02 Å². The third kappa shape index (κ3) is 2.29. The molecule has 2 aromatic heterocycles. The molecular weight excluding hydrogens is 286 g/mol. The molecule has 6 heteroatoms. The Kier molecular flexibility index (Phi) is 3.10. The van der Waals surface area contributed by atoms with Gasteiger partial charge in [-0.3, -0.25) is 0 Å². The van der Waals surface area contributed by atoms with Gasteiger partial charge in [-0.05, 0) is 33.8 Å². The molecule has 0 aliphatic rings. The Morgan fingerprint density at radius 1 is 1.43 bits per heavy atom. The minimum Gasteiger partial charge on any atom is -0.339 e.